The van der Waals surface area contributed by atoms with Crippen LogP contribution in [-0.4, -0.2) is 8.42 Å². The molecule has 2 aromatic carbocycles. The molecule has 0 fully saturated rings. The molecule has 2 aromatic rings. The molecule has 0 bridgehead atoms. The van der Waals surface area contributed by atoms with Gasteiger partial charge in [0, 0.05) is 16.7 Å². The van der Waals surface area contributed by atoms with E-state index in [-0.39, 0.29) is 14.9 Å². The Hall–Kier alpha value is -0.790. The summed E-state index contributed by atoms with van der Waals surface area (Å²) >= 11 is 15.2. The van der Waals surface area contributed by atoms with Gasteiger partial charge in [-0.3, -0.25) is 4.72 Å². The molecule has 2 rings (SSSR count). The molecule has 0 aliphatic rings. The first-order chi connectivity index (χ1) is 9.83. The zero-order valence-electron chi connectivity index (χ0n) is 10.6. The van der Waals surface area contributed by atoms with Gasteiger partial charge in [-0.25, -0.2) is 8.42 Å². The average molecular weight is 410 g/mol. The average Bonchev–Trinajstić information content (AvgIpc) is 2.36. The van der Waals surface area contributed by atoms with Gasteiger partial charge in [0.25, 0.3) is 10.0 Å². The lowest BCUT2D eigenvalue weighted by molar-refractivity contribution is 0.601. The van der Waals surface area contributed by atoms with Crippen molar-refractivity contribution in [2.45, 2.75) is 11.4 Å². The molecular formula is C13H11BrCl2N2O2S. The number of halogens is 3. The van der Waals surface area contributed by atoms with Gasteiger partial charge in [-0.15, -0.1) is 0 Å². The van der Waals surface area contributed by atoms with Crippen LogP contribution >= 0.6 is 39.1 Å². The molecule has 4 nitrogen and oxygen atoms in total. The maximum Gasteiger partial charge on any atom is 0.264 e. The van der Waals surface area contributed by atoms with Crippen molar-refractivity contribution in [1.29, 1.82) is 0 Å². The Bertz CT molecular complexity index is 758. The first-order valence-electron chi connectivity index (χ1n) is 5.80. The lowest BCUT2D eigenvalue weighted by Gasteiger charge is -2.12. The summed E-state index contributed by atoms with van der Waals surface area (Å²) in [5.41, 5.74) is 6.74. The molecule has 0 atom stereocenters. The quantitative estimate of drug-likeness (QED) is 0.800. The van der Waals surface area contributed by atoms with E-state index in [1.165, 1.54) is 12.1 Å². The second-order valence-corrected chi connectivity index (χ2v) is 7.56. The van der Waals surface area contributed by atoms with Crippen molar-refractivity contribution in [3.8, 4) is 0 Å². The Kier molecular flexibility index (Phi) is 5.16. The molecule has 0 radical (unpaired) electrons. The molecular weight excluding hydrogens is 399 g/mol. The molecule has 0 unspecified atom stereocenters. The van der Waals surface area contributed by atoms with Crippen LogP contribution in [0.5, 0.6) is 0 Å². The van der Waals surface area contributed by atoms with Gasteiger partial charge in [-0.05, 0) is 29.8 Å². The minimum absolute atomic E-state index is 0.0388. The Morgan fingerprint density at radius 1 is 1.14 bits per heavy atom. The summed E-state index contributed by atoms with van der Waals surface area (Å²) in [6.07, 6.45) is 0. The van der Waals surface area contributed by atoms with Crippen LogP contribution in [0.3, 0.4) is 0 Å². The Morgan fingerprint density at radius 3 is 2.33 bits per heavy atom. The van der Waals surface area contributed by atoms with E-state index in [0.29, 0.717) is 16.7 Å². The number of nitrogens with two attached hydrogens (primary N) is 1. The van der Waals surface area contributed by atoms with Crippen LogP contribution in [0.1, 0.15) is 5.56 Å². The molecule has 0 aromatic heterocycles. The minimum atomic E-state index is -3.89. The van der Waals surface area contributed by atoms with Crippen LogP contribution in [0.2, 0.25) is 10.0 Å². The number of rotatable bonds is 4. The number of sulfonamides is 1. The van der Waals surface area contributed by atoms with Crippen LogP contribution in [0.15, 0.2) is 45.8 Å². The summed E-state index contributed by atoms with van der Waals surface area (Å²) in [6.45, 7) is 0.315. The van der Waals surface area contributed by atoms with Crippen LogP contribution in [0.4, 0.5) is 5.69 Å². The summed E-state index contributed by atoms with van der Waals surface area (Å²) in [5.74, 6) is 0. The van der Waals surface area contributed by atoms with Gasteiger partial charge in [0.2, 0.25) is 0 Å². The Labute approximate surface area is 141 Å². The molecule has 0 aliphatic heterocycles. The highest BCUT2D eigenvalue weighted by molar-refractivity contribution is 9.10. The van der Waals surface area contributed by atoms with E-state index < -0.39 is 10.0 Å². The lowest BCUT2D eigenvalue weighted by Crippen LogP contribution is -2.14. The van der Waals surface area contributed by atoms with E-state index >= 15 is 0 Å². The summed E-state index contributed by atoms with van der Waals surface area (Å²) in [4.78, 5) is -0.160. The zero-order chi connectivity index (χ0) is 15.6. The van der Waals surface area contributed by atoms with Crippen molar-refractivity contribution >= 4 is 54.8 Å². The number of nitrogens with one attached hydrogen (secondary N) is 1. The van der Waals surface area contributed by atoms with E-state index in [0.717, 1.165) is 5.56 Å². The predicted molar refractivity (Wildman–Crippen MR) is 89.3 cm³/mol. The SMILES string of the molecule is NCc1cccc(NS(=O)(=O)c2c(Cl)cc(Br)cc2Cl)c1. The number of anilines is 1. The number of hydrogen-bond donors (Lipinski definition) is 2. The third kappa shape index (κ3) is 3.90. The van der Waals surface area contributed by atoms with Gasteiger partial charge >= 0.3 is 0 Å². The van der Waals surface area contributed by atoms with Crippen molar-refractivity contribution in [3.05, 3.63) is 56.5 Å². The van der Waals surface area contributed by atoms with Gasteiger partial charge < -0.3 is 5.73 Å². The third-order valence-corrected chi connectivity index (χ3v) is 5.41. The number of hydrogen-bond acceptors (Lipinski definition) is 3. The molecule has 0 amide bonds. The highest BCUT2D eigenvalue weighted by atomic mass is 79.9. The van der Waals surface area contributed by atoms with Crippen LogP contribution in [0, 0.1) is 0 Å². The molecule has 3 N–H and O–H groups in total. The standard InChI is InChI=1S/C13H11BrCl2N2O2S/c14-9-5-11(15)13(12(16)6-9)21(19,20)18-10-3-1-2-8(4-10)7-17/h1-6,18H,7,17H2. The topological polar surface area (TPSA) is 72.2 Å². The normalized spacial score (nSPS) is 11.4. The molecule has 0 saturated carbocycles. The molecule has 8 heteroatoms. The molecule has 0 aliphatic carbocycles. The van der Waals surface area contributed by atoms with Crippen molar-refractivity contribution in [2.24, 2.45) is 5.73 Å². The second-order valence-electron chi connectivity index (χ2n) is 4.21. The second kappa shape index (κ2) is 6.54. The summed E-state index contributed by atoms with van der Waals surface area (Å²) in [5, 5.41) is 0.0775. The lowest BCUT2D eigenvalue weighted by atomic mass is 10.2. The fourth-order valence-corrected chi connectivity index (χ4v) is 4.74. The van der Waals surface area contributed by atoms with Crippen LogP contribution < -0.4 is 10.5 Å². The fraction of sp³-hybridized carbons (Fsp3) is 0.0769. The fourth-order valence-electron chi connectivity index (χ4n) is 1.75. The van der Waals surface area contributed by atoms with Gasteiger partial charge in [0.1, 0.15) is 4.90 Å². The van der Waals surface area contributed by atoms with Crippen LogP contribution in [0.25, 0.3) is 0 Å². The zero-order valence-corrected chi connectivity index (χ0v) is 14.5. The summed E-state index contributed by atoms with van der Waals surface area (Å²) in [7, 11) is -3.89. The molecule has 112 valence electrons. The van der Waals surface area contributed by atoms with Gasteiger partial charge in [0.15, 0.2) is 0 Å². The van der Waals surface area contributed by atoms with E-state index in [1.54, 1.807) is 24.3 Å². The number of benzene rings is 2. The van der Waals surface area contributed by atoms with Crippen molar-refractivity contribution in [2.75, 3.05) is 4.72 Å². The smallest absolute Gasteiger partial charge is 0.264 e. The van der Waals surface area contributed by atoms with Crippen LogP contribution in [-0.2, 0) is 16.6 Å². The van der Waals surface area contributed by atoms with Crippen molar-refractivity contribution < 1.29 is 8.42 Å². The van der Waals surface area contributed by atoms with Crippen molar-refractivity contribution in [3.63, 3.8) is 0 Å². The van der Waals surface area contributed by atoms with E-state index in [4.69, 9.17) is 28.9 Å². The molecule has 0 saturated heterocycles. The highest BCUT2D eigenvalue weighted by Gasteiger charge is 2.22. The molecule has 21 heavy (non-hydrogen) atoms. The molecule has 0 heterocycles. The first-order valence-corrected chi connectivity index (χ1v) is 8.83. The minimum Gasteiger partial charge on any atom is -0.326 e. The van der Waals surface area contributed by atoms with Gasteiger partial charge in [-0.1, -0.05) is 51.3 Å². The van der Waals surface area contributed by atoms with E-state index in [2.05, 4.69) is 20.7 Å². The monoisotopic (exact) mass is 408 g/mol. The van der Waals surface area contributed by atoms with Gasteiger partial charge in [-0.2, -0.15) is 0 Å². The maximum absolute atomic E-state index is 12.4. The van der Waals surface area contributed by atoms with Gasteiger partial charge in [0.05, 0.1) is 10.0 Å². The summed E-state index contributed by atoms with van der Waals surface area (Å²) < 4.78 is 27.9. The van der Waals surface area contributed by atoms with E-state index in [1.807, 2.05) is 0 Å². The highest BCUT2D eigenvalue weighted by Crippen LogP contribution is 2.33. The Balaban J connectivity index is 2.43. The maximum atomic E-state index is 12.4. The first kappa shape index (κ1) is 16.6. The largest absolute Gasteiger partial charge is 0.326 e. The van der Waals surface area contributed by atoms with E-state index in [9.17, 15) is 8.42 Å². The third-order valence-electron chi connectivity index (χ3n) is 2.65. The predicted octanol–water partition coefficient (Wildman–Crippen LogP) is 4.02. The summed E-state index contributed by atoms with van der Waals surface area (Å²) in [6, 6.07) is 9.73. The van der Waals surface area contributed by atoms with Crippen molar-refractivity contribution in [1.82, 2.24) is 0 Å². The molecule has 0 spiro atoms. The Morgan fingerprint density at radius 2 is 1.76 bits per heavy atom.